The summed E-state index contributed by atoms with van der Waals surface area (Å²) in [7, 11) is 1.92. The van der Waals surface area contributed by atoms with Crippen molar-refractivity contribution >= 4 is 11.9 Å². The lowest BCUT2D eigenvalue weighted by Crippen LogP contribution is -2.45. The zero-order chi connectivity index (χ0) is 22.8. The van der Waals surface area contributed by atoms with Crippen molar-refractivity contribution < 1.29 is 32.3 Å². The predicted octanol–water partition coefficient (Wildman–Crippen LogP) is 2.54. The molecule has 0 saturated carbocycles. The molecule has 4 rings (SSSR count). The summed E-state index contributed by atoms with van der Waals surface area (Å²) in [6, 6.07) is 6.35. The molecule has 31 heavy (non-hydrogen) atoms. The lowest BCUT2D eigenvalue weighted by Gasteiger charge is -2.33. The molecule has 2 bridgehead atoms. The van der Waals surface area contributed by atoms with Gasteiger partial charge in [0.15, 0.2) is 0 Å². The lowest BCUT2D eigenvalue weighted by atomic mass is 9.99. The van der Waals surface area contributed by atoms with Crippen molar-refractivity contribution in [1.29, 1.82) is 0 Å². The standard InChI is InChI=1S/C18H21FN4O.C2HF3O2/c1-21-8-14(7-20-21)11-22-9-13-5-17(22)12-23(10-13)18(24)15-3-2-4-16(19)6-15;3-2(4,5)1(6)7/h2-4,6-8,13,17H,5,9-12H2,1H3;(H,6,7). The van der Waals surface area contributed by atoms with Gasteiger partial charge in [0.2, 0.25) is 0 Å². The van der Waals surface area contributed by atoms with E-state index in [2.05, 4.69) is 10.00 Å². The Morgan fingerprint density at radius 1 is 1.23 bits per heavy atom. The summed E-state index contributed by atoms with van der Waals surface area (Å²) in [5.74, 6) is -2.68. The number of halogens is 4. The Morgan fingerprint density at radius 2 is 1.94 bits per heavy atom. The summed E-state index contributed by atoms with van der Waals surface area (Å²) >= 11 is 0. The number of nitrogens with zero attached hydrogens (tertiary/aromatic N) is 4. The molecule has 1 aromatic heterocycles. The number of fused-ring (bicyclic) bond motifs is 2. The number of carbonyl (C=O) groups is 2. The first-order chi connectivity index (χ1) is 14.5. The van der Waals surface area contributed by atoms with Crippen molar-refractivity contribution in [3.8, 4) is 0 Å². The second-order valence-corrected chi connectivity index (χ2v) is 7.73. The van der Waals surface area contributed by atoms with Crippen molar-refractivity contribution in [2.75, 3.05) is 19.6 Å². The van der Waals surface area contributed by atoms with Gasteiger partial charge >= 0.3 is 12.1 Å². The zero-order valence-corrected chi connectivity index (χ0v) is 16.7. The van der Waals surface area contributed by atoms with E-state index >= 15 is 0 Å². The second kappa shape index (κ2) is 9.04. The number of carboxylic acid groups (broad SMARTS) is 1. The second-order valence-electron chi connectivity index (χ2n) is 7.73. The summed E-state index contributed by atoms with van der Waals surface area (Å²) in [4.78, 5) is 25.9. The molecule has 2 saturated heterocycles. The molecule has 0 aliphatic carbocycles. The maximum absolute atomic E-state index is 13.4. The fraction of sp³-hybridized carbons (Fsp3) is 0.450. The lowest BCUT2D eigenvalue weighted by molar-refractivity contribution is -0.192. The van der Waals surface area contributed by atoms with Crippen LogP contribution in [0.5, 0.6) is 0 Å². The van der Waals surface area contributed by atoms with Gasteiger partial charge in [-0.1, -0.05) is 6.07 Å². The van der Waals surface area contributed by atoms with Crippen LogP contribution in [0, 0.1) is 11.7 Å². The number of hydrogen-bond donors (Lipinski definition) is 1. The van der Waals surface area contributed by atoms with E-state index in [1.165, 1.54) is 17.7 Å². The minimum atomic E-state index is -5.08. The topological polar surface area (TPSA) is 78.7 Å². The smallest absolute Gasteiger partial charge is 0.475 e. The molecule has 1 aromatic carbocycles. The number of aryl methyl sites for hydroxylation is 1. The average Bonchev–Trinajstić information content (AvgIpc) is 3.22. The maximum Gasteiger partial charge on any atom is 0.490 e. The number of aliphatic carboxylic acids is 1. The first-order valence-electron chi connectivity index (χ1n) is 9.59. The molecule has 2 aliphatic heterocycles. The van der Waals surface area contributed by atoms with Gasteiger partial charge in [-0.3, -0.25) is 14.4 Å². The van der Waals surface area contributed by atoms with Crippen LogP contribution in [0.15, 0.2) is 36.7 Å². The SMILES string of the molecule is Cn1cc(CN2CC3CC2CN(C(=O)c2cccc(F)c2)C3)cn1.O=C(O)C(F)(F)F. The van der Waals surface area contributed by atoms with E-state index in [-0.39, 0.29) is 11.7 Å². The molecule has 2 aromatic rings. The summed E-state index contributed by atoms with van der Waals surface area (Å²) in [5, 5.41) is 11.4. The molecule has 168 valence electrons. The summed E-state index contributed by atoms with van der Waals surface area (Å²) in [5.41, 5.74) is 1.64. The van der Waals surface area contributed by atoms with Crippen LogP contribution >= 0.6 is 0 Å². The molecule has 0 radical (unpaired) electrons. The first kappa shape index (κ1) is 22.7. The number of piperidine rings is 1. The minimum Gasteiger partial charge on any atom is -0.475 e. The highest BCUT2D eigenvalue weighted by molar-refractivity contribution is 5.94. The van der Waals surface area contributed by atoms with Gasteiger partial charge in [-0.25, -0.2) is 9.18 Å². The van der Waals surface area contributed by atoms with Crippen molar-refractivity contribution in [2.24, 2.45) is 13.0 Å². The molecule has 2 atom stereocenters. The number of likely N-dealkylation sites (tertiary alicyclic amines) is 2. The van der Waals surface area contributed by atoms with Gasteiger partial charge in [-0.2, -0.15) is 18.3 Å². The molecular weight excluding hydrogens is 420 g/mol. The third kappa shape index (κ3) is 5.81. The molecule has 7 nitrogen and oxygen atoms in total. The van der Waals surface area contributed by atoms with Crippen molar-refractivity contribution in [2.45, 2.75) is 25.2 Å². The third-order valence-corrected chi connectivity index (χ3v) is 5.27. The van der Waals surface area contributed by atoms with E-state index in [0.717, 1.165) is 26.1 Å². The van der Waals surface area contributed by atoms with Gasteiger partial charge in [-0.15, -0.1) is 0 Å². The summed E-state index contributed by atoms with van der Waals surface area (Å²) in [6.45, 7) is 3.35. The number of rotatable bonds is 3. The average molecular weight is 442 g/mol. The highest BCUT2D eigenvalue weighted by Crippen LogP contribution is 2.31. The highest BCUT2D eigenvalue weighted by Gasteiger charge is 2.40. The minimum absolute atomic E-state index is 0.0626. The monoisotopic (exact) mass is 442 g/mol. The Kier molecular flexibility index (Phi) is 6.63. The summed E-state index contributed by atoms with van der Waals surface area (Å²) < 4.78 is 46.9. The Bertz CT molecular complexity index is 947. The van der Waals surface area contributed by atoms with E-state index in [1.54, 1.807) is 12.1 Å². The van der Waals surface area contributed by atoms with E-state index in [0.29, 0.717) is 24.1 Å². The Morgan fingerprint density at radius 3 is 2.52 bits per heavy atom. The molecule has 1 amide bonds. The van der Waals surface area contributed by atoms with E-state index in [9.17, 15) is 22.4 Å². The normalized spacial score (nSPS) is 20.9. The number of amides is 1. The number of benzene rings is 1. The quantitative estimate of drug-likeness (QED) is 0.740. The van der Waals surface area contributed by atoms with Crippen LogP contribution in [0.3, 0.4) is 0 Å². The Hall–Kier alpha value is -2.95. The Labute approximate surface area is 175 Å². The zero-order valence-electron chi connectivity index (χ0n) is 16.7. The van der Waals surface area contributed by atoms with Gasteiger partial charge in [0.1, 0.15) is 5.82 Å². The fourth-order valence-electron chi connectivity index (χ4n) is 4.00. The van der Waals surface area contributed by atoms with Gasteiger partial charge < -0.3 is 10.0 Å². The van der Waals surface area contributed by atoms with Crippen LogP contribution < -0.4 is 0 Å². The number of alkyl halides is 3. The van der Waals surface area contributed by atoms with E-state index < -0.39 is 12.1 Å². The van der Waals surface area contributed by atoms with Crippen LogP contribution in [-0.2, 0) is 18.4 Å². The molecule has 2 fully saturated rings. The number of carbonyl (C=O) groups excluding carboxylic acids is 1. The molecule has 2 aliphatic rings. The maximum atomic E-state index is 13.4. The first-order valence-corrected chi connectivity index (χ1v) is 9.59. The van der Waals surface area contributed by atoms with Crippen molar-refractivity contribution in [3.05, 3.63) is 53.6 Å². The van der Waals surface area contributed by atoms with Gasteiger partial charge in [0.05, 0.1) is 6.20 Å². The van der Waals surface area contributed by atoms with Crippen LogP contribution in [0.2, 0.25) is 0 Å². The molecule has 11 heteroatoms. The number of hydrogen-bond acceptors (Lipinski definition) is 4. The van der Waals surface area contributed by atoms with E-state index in [4.69, 9.17) is 9.90 Å². The van der Waals surface area contributed by atoms with Gasteiger partial charge in [0.25, 0.3) is 5.91 Å². The Balaban J connectivity index is 0.000000339. The van der Waals surface area contributed by atoms with Crippen LogP contribution in [0.4, 0.5) is 17.6 Å². The largest absolute Gasteiger partial charge is 0.490 e. The molecule has 0 spiro atoms. The fourth-order valence-corrected chi connectivity index (χ4v) is 4.00. The van der Waals surface area contributed by atoms with Gasteiger partial charge in [0, 0.05) is 56.6 Å². The van der Waals surface area contributed by atoms with E-state index in [1.807, 2.05) is 29.0 Å². The highest BCUT2D eigenvalue weighted by atomic mass is 19.4. The van der Waals surface area contributed by atoms with Gasteiger partial charge in [-0.05, 0) is 30.5 Å². The predicted molar refractivity (Wildman–Crippen MR) is 102 cm³/mol. The van der Waals surface area contributed by atoms with Crippen molar-refractivity contribution in [3.63, 3.8) is 0 Å². The third-order valence-electron chi connectivity index (χ3n) is 5.27. The molecular formula is C20H22F4N4O3. The van der Waals surface area contributed by atoms with Crippen LogP contribution in [0.25, 0.3) is 0 Å². The number of carboxylic acids is 1. The summed E-state index contributed by atoms with van der Waals surface area (Å²) in [6.07, 6.45) is -0.0108. The van der Waals surface area contributed by atoms with Crippen LogP contribution in [-0.4, -0.2) is 68.4 Å². The molecule has 1 N–H and O–H groups in total. The number of aromatic nitrogens is 2. The molecule has 3 heterocycles. The van der Waals surface area contributed by atoms with Crippen molar-refractivity contribution in [1.82, 2.24) is 19.6 Å². The molecule has 2 unspecified atom stereocenters. The van der Waals surface area contributed by atoms with Crippen LogP contribution in [0.1, 0.15) is 22.3 Å².